The second kappa shape index (κ2) is 9.72. The quantitative estimate of drug-likeness (QED) is 0.282. The number of benzene rings is 2. The molecule has 0 bridgehead atoms. The molecule has 2 heterocycles. The van der Waals surface area contributed by atoms with Crippen LogP contribution in [0.25, 0.3) is 11.0 Å². The van der Waals surface area contributed by atoms with Crippen LogP contribution in [-0.2, 0) is 28.6 Å². The van der Waals surface area contributed by atoms with Gasteiger partial charge in [-0.2, -0.15) is 0 Å². The first kappa shape index (κ1) is 22.9. The van der Waals surface area contributed by atoms with Gasteiger partial charge in [0.25, 0.3) is 0 Å². The van der Waals surface area contributed by atoms with E-state index in [1.54, 1.807) is 12.3 Å². The fraction of sp³-hybridized carbons (Fsp3) is 0.240. The third-order valence-corrected chi connectivity index (χ3v) is 7.16. The minimum absolute atomic E-state index is 0.0478. The van der Waals surface area contributed by atoms with Crippen LogP contribution in [0, 0.1) is 12.7 Å². The van der Waals surface area contributed by atoms with E-state index in [2.05, 4.69) is 4.98 Å². The molecule has 33 heavy (non-hydrogen) atoms. The first-order valence-electron chi connectivity index (χ1n) is 10.6. The Morgan fingerprint density at radius 2 is 1.88 bits per heavy atom. The maximum atomic E-state index is 13.2. The van der Waals surface area contributed by atoms with Crippen molar-refractivity contribution in [2.24, 2.45) is 5.73 Å². The fourth-order valence-corrected chi connectivity index (χ4v) is 5.11. The lowest BCUT2D eigenvalue weighted by Crippen LogP contribution is -2.06. The number of nitrogens with zero attached hydrogens (tertiary/aromatic N) is 1. The molecule has 0 saturated heterocycles. The second-order valence-electron chi connectivity index (χ2n) is 7.76. The normalized spacial score (nSPS) is 11.7. The van der Waals surface area contributed by atoms with Gasteiger partial charge in [0.1, 0.15) is 28.7 Å². The summed E-state index contributed by atoms with van der Waals surface area (Å²) in [5.74, 6) is 0.170. The highest BCUT2D eigenvalue weighted by Crippen LogP contribution is 2.34. The predicted octanol–water partition coefficient (Wildman–Crippen LogP) is 4.72. The number of aryl methyl sites for hydroxylation is 2. The molecule has 0 saturated carbocycles. The van der Waals surface area contributed by atoms with Crippen LogP contribution in [0.2, 0.25) is 0 Å². The fourth-order valence-electron chi connectivity index (χ4n) is 3.77. The summed E-state index contributed by atoms with van der Waals surface area (Å²) in [5.41, 5.74) is 9.04. The number of pyridine rings is 1. The molecule has 0 radical (unpaired) electrons. The average Bonchev–Trinajstić information content (AvgIpc) is 3.12. The van der Waals surface area contributed by atoms with E-state index in [1.807, 2.05) is 31.2 Å². The summed E-state index contributed by atoms with van der Waals surface area (Å²) < 4.78 is 50.7. The lowest BCUT2D eigenvalue weighted by atomic mass is 10.1. The number of fused-ring (bicyclic) bond motifs is 1. The van der Waals surface area contributed by atoms with Crippen LogP contribution in [0.5, 0.6) is 5.75 Å². The Hall–Kier alpha value is -3.23. The Morgan fingerprint density at radius 1 is 1.09 bits per heavy atom. The molecule has 2 aromatic heterocycles. The van der Waals surface area contributed by atoms with Crippen LogP contribution in [0.15, 0.2) is 70.1 Å². The zero-order chi connectivity index (χ0) is 23.4. The summed E-state index contributed by atoms with van der Waals surface area (Å²) >= 11 is 0. The Labute approximate surface area is 192 Å². The van der Waals surface area contributed by atoms with E-state index in [1.165, 1.54) is 12.1 Å². The number of halogens is 1. The van der Waals surface area contributed by atoms with Gasteiger partial charge >= 0.3 is 0 Å². The van der Waals surface area contributed by atoms with Gasteiger partial charge in [0.05, 0.1) is 16.9 Å². The number of nitrogens with two attached hydrogens (primary N) is 1. The summed E-state index contributed by atoms with van der Waals surface area (Å²) in [7, 11) is -3.69. The molecule has 6 nitrogen and oxygen atoms in total. The molecule has 0 unspecified atom stereocenters. The van der Waals surface area contributed by atoms with E-state index in [4.69, 9.17) is 14.9 Å². The third-order valence-electron chi connectivity index (χ3n) is 5.53. The van der Waals surface area contributed by atoms with Crippen molar-refractivity contribution < 1.29 is 22.0 Å². The maximum Gasteiger partial charge on any atom is 0.185 e. The summed E-state index contributed by atoms with van der Waals surface area (Å²) in [6.07, 6.45) is 3.25. The molecular formula is C25H25FN2O4S. The molecule has 2 N–H and O–H groups in total. The number of aromatic nitrogens is 1. The van der Waals surface area contributed by atoms with Gasteiger partial charge in [-0.05, 0) is 67.8 Å². The Kier molecular flexibility index (Phi) is 6.76. The number of furan rings is 1. The van der Waals surface area contributed by atoms with Crippen LogP contribution in [0.4, 0.5) is 4.39 Å². The Morgan fingerprint density at radius 3 is 2.64 bits per heavy atom. The predicted molar refractivity (Wildman–Crippen MR) is 124 cm³/mol. The average molecular weight is 469 g/mol. The standard InChI is InChI=1S/C25H25FN2O4S/c1-17-24(16-33(29,30)20-11-9-19(26)10-12-20)32-23-8-2-7-22(25(17)23)31-14-4-6-21-18(15-27)5-3-13-28-21/h2-3,5,7-13H,4,6,14-16,27H2,1H3. The van der Waals surface area contributed by atoms with E-state index in [0.717, 1.165) is 41.6 Å². The van der Waals surface area contributed by atoms with E-state index in [0.29, 0.717) is 35.8 Å². The molecule has 0 aliphatic carbocycles. The Balaban J connectivity index is 1.50. The van der Waals surface area contributed by atoms with Crippen LogP contribution >= 0.6 is 0 Å². The molecule has 0 atom stereocenters. The van der Waals surface area contributed by atoms with Crippen molar-refractivity contribution in [2.45, 2.75) is 37.0 Å². The van der Waals surface area contributed by atoms with Gasteiger partial charge in [0, 0.05) is 24.0 Å². The van der Waals surface area contributed by atoms with Gasteiger partial charge < -0.3 is 14.9 Å². The Bertz CT molecular complexity index is 1370. The van der Waals surface area contributed by atoms with Gasteiger partial charge in [0.2, 0.25) is 0 Å². The molecule has 0 fully saturated rings. The van der Waals surface area contributed by atoms with Crippen molar-refractivity contribution in [2.75, 3.05) is 6.61 Å². The topological polar surface area (TPSA) is 95.4 Å². The molecule has 0 aliphatic heterocycles. The van der Waals surface area contributed by atoms with E-state index in [9.17, 15) is 12.8 Å². The van der Waals surface area contributed by atoms with Crippen molar-refractivity contribution in [3.8, 4) is 5.75 Å². The number of hydrogen-bond acceptors (Lipinski definition) is 6. The number of sulfone groups is 1. The highest BCUT2D eigenvalue weighted by molar-refractivity contribution is 7.90. The molecule has 4 rings (SSSR count). The van der Waals surface area contributed by atoms with Crippen LogP contribution in [0.1, 0.15) is 29.0 Å². The van der Waals surface area contributed by atoms with Crippen molar-refractivity contribution >= 4 is 20.8 Å². The van der Waals surface area contributed by atoms with E-state index < -0.39 is 15.7 Å². The van der Waals surface area contributed by atoms with Crippen LogP contribution in [0.3, 0.4) is 0 Å². The molecule has 172 valence electrons. The minimum atomic E-state index is -3.69. The smallest absolute Gasteiger partial charge is 0.185 e. The highest BCUT2D eigenvalue weighted by atomic mass is 32.2. The van der Waals surface area contributed by atoms with Crippen molar-refractivity contribution in [3.05, 3.63) is 89.2 Å². The number of ether oxygens (including phenoxy) is 1. The summed E-state index contributed by atoms with van der Waals surface area (Å²) in [6, 6.07) is 14.1. The van der Waals surface area contributed by atoms with E-state index in [-0.39, 0.29) is 10.6 Å². The van der Waals surface area contributed by atoms with Gasteiger partial charge in [-0.15, -0.1) is 0 Å². The first-order valence-corrected chi connectivity index (χ1v) is 12.3. The number of rotatable bonds is 9. The van der Waals surface area contributed by atoms with Crippen LogP contribution in [-0.4, -0.2) is 20.0 Å². The largest absolute Gasteiger partial charge is 0.493 e. The van der Waals surface area contributed by atoms with Crippen molar-refractivity contribution in [1.82, 2.24) is 4.98 Å². The monoisotopic (exact) mass is 468 g/mol. The molecule has 0 amide bonds. The van der Waals surface area contributed by atoms with Gasteiger partial charge in [0.15, 0.2) is 9.84 Å². The maximum absolute atomic E-state index is 13.2. The van der Waals surface area contributed by atoms with Crippen molar-refractivity contribution in [1.29, 1.82) is 0 Å². The van der Waals surface area contributed by atoms with Gasteiger partial charge in [-0.1, -0.05) is 12.1 Å². The summed E-state index contributed by atoms with van der Waals surface area (Å²) in [4.78, 5) is 4.44. The van der Waals surface area contributed by atoms with E-state index >= 15 is 0 Å². The first-order chi connectivity index (χ1) is 15.9. The van der Waals surface area contributed by atoms with Gasteiger partial charge in [-0.3, -0.25) is 4.98 Å². The highest BCUT2D eigenvalue weighted by Gasteiger charge is 2.22. The minimum Gasteiger partial charge on any atom is -0.493 e. The summed E-state index contributed by atoms with van der Waals surface area (Å²) in [5, 5.41) is 0.752. The SMILES string of the molecule is Cc1c(CS(=O)(=O)c2ccc(F)cc2)oc2cccc(OCCCc3ncccc3CN)c12. The zero-order valence-electron chi connectivity index (χ0n) is 18.3. The molecular weight excluding hydrogens is 443 g/mol. The molecule has 2 aromatic carbocycles. The molecule has 0 spiro atoms. The third kappa shape index (κ3) is 5.07. The molecule has 0 aliphatic rings. The van der Waals surface area contributed by atoms with Crippen molar-refractivity contribution in [3.63, 3.8) is 0 Å². The zero-order valence-corrected chi connectivity index (χ0v) is 19.1. The molecule has 8 heteroatoms. The second-order valence-corrected chi connectivity index (χ2v) is 9.75. The summed E-state index contributed by atoms with van der Waals surface area (Å²) in [6.45, 7) is 2.73. The number of hydrogen-bond donors (Lipinski definition) is 1. The lowest BCUT2D eigenvalue weighted by Gasteiger charge is -2.09. The molecule has 4 aromatic rings. The van der Waals surface area contributed by atoms with Crippen LogP contribution < -0.4 is 10.5 Å². The lowest BCUT2D eigenvalue weighted by molar-refractivity contribution is 0.314. The van der Waals surface area contributed by atoms with Gasteiger partial charge in [-0.25, -0.2) is 12.8 Å².